The summed E-state index contributed by atoms with van der Waals surface area (Å²) in [5, 5.41) is 2.76. The number of aromatic nitrogens is 2. The molecule has 1 heterocycles. The maximum absolute atomic E-state index is 11.6. The summed E-state index contributed by atoms with van der Waals surface area (Å²) >= 11 is 0. The van der Waals surface area contributed by atoms with Crippen LogP contribution < -0.4 is 5.32 Å². The van der Waals surface area contributed by atoms with E-state index in [-0.39, 0.29) is 0 Å². The number of carbonyl (C=O) groups excluding carboxylic acids is 1. The van der Waals surface area contributed by atoms with Crippen LogP contribution in [0.5, 0.6) is 0 Å². The predicted molar refractivity (Wildman–Crippen MR) is 79.4 cm³/mol. The zero-order valence-electron chi connectivity index (χ0n) is 13.3. The monoisotopic (exact) mass is 281 g/mol. The fourth-order valence-corrected chi connectivity index (χ4v) is 1.84. The zero-order valence-corrected chi connectivity index (χ0v) is 13.3. The second-order valence-corrected chi connectivity index (χ2v) is 6.47. The number of nitrogens with one attached hydrogen (secondary N) is 1. The Morgan fingerprint density at radius 2 is 2.15 bits per heavy atom. The van der Waals surface area contributed by atoms with Gasteiger partial charge in [-0.3, -0.25) is 0 Å². The third kappa shape index (κ3) is 6.59. The lowest BCUT2D eigenvalue weighted by molar-refractivity contribution is 0.0522. The fourth-order valence-electron chi connectivity index (χ4n) is 1.84. The molecule has 0 spiro atoms. The molecule has 1 aromatic rings. The van der Waals surface area contributed by atoms with Gasteiger partial charge in [0.25, 0.3) is 0 Å². The van der Waals surface area contributed by atoms with E-state index in [1.165, 1.54) is 6.42 Å². The summed E-state index contributed by atoms with van der Waals surface area (Å²) in [5.41, 5.74) is 0.529. The lowest BCUT2D eigenvalue weighted by Crippen LogP contribution is -2.32. The van der Waals surface area contributed by atoms with Crippen molar-refractivity contribution in [3.8, 4) is 0 Å². The third-order valence-electron chi connectivity index (χ3n) is 2.79. The van der Waals surface area contributed by atoms with E-state index in [1.54, 1.807) is 6.20 Å². The van der Waals surface area contributed by atoms with Crippen molar-refractivity contribution in [3.63, 3.8) is 0 Å². The number of hydrogen-bond acceptors (Lipinski definition) is 3. The molecule has 0 fully saturated rings. The normalized spacial score (nSPS) is 11.7. The van der Waals surface area contributed by atoms with Crippen LogP contribution in [0.4, 0.5) is 4.79 Å². The second-order valence-electron chi connectivity index (χ2n) is 6.47. The number of amides is 1. The summed E-state index contributed by atoms with van der Waals surface area (Å²) in [6.45, 7) is 11.4. The molecule has 5 heteroatoms. The largest absolute Gasteiger partial charge is 0.444 e. The van der Waals surface area contributed by atoms with Crippen LogP contribution in [0.1, 0.15) is 53.2 Å². The molecule has 1 rings (SSSR count). The highest BCUT2D eigenvalue weighted by Gasteiger charge is 2.16. The topological polar surface area (TPSA) is 56.2 Å². The molecule has 114 valence electrons. The van der Waals surface area contributed by atoms with Crippen molar-refractivity contribution in [2.24, 2.45) is 5.92 Å². The zero-order chi connectivity index (χ0) is 15.2. The Hall–Kier alpha value is -1.52. The maximum atomic E-state index is 11.6. The van der Waals surface area contributed by atoms with Crippen LogP contribution >= 0.6 is 0 Å². The Kier molecular flexibility index (Phi) is 6.05. The van der Waals surface area contributed by atoms with Gasteiger partial charge in [0.05, 0.1) is 18.6 Å². The quantitative estimate of drug-likeness (QED) is 0.870. The van der Waals surface area contributed by atoms with Gasteiger partial charge in [-0.1, -0.05) is 13.8 Å². The van der Waals surface area contributed by atoms with Gasteiger partial charge in [0.15, 0.2) is 0 Å². The first-order valence-electron chi connectivity index (χ1n) is 7.24. The molecule has 0 saturated carbocycles. The first kappa shape index (κ1) is 16.5. The summed E-state index contributed by atoms with van der Waals surface area (Å²) < 4.78 is 7.29. The Morgan fingerprint density at radius 1 is 1.45 bits per heavy atom. The van der Waals surface area contributed by atoms with Crippen molar-refractivity contribution in [1.29, 1.82) is 0 Å². The fraction of sp³-hybridized carbons (Fsp3) is 0.733. The van der Waals surface area contributed by atoms with Crippen LogP contribution in [0.2, 0.25) is 0 Å². The van der Waals surface area contributed by atoms with E-state index in [9.17, 15) is 4.79 Å². The number of ether oxygens (including phenoxy) is 1. The van der Waals surface area contributed by atoms with Crippen LogP contribution in [0.15, 0.2) is 12.5 Å². The van der Waals surface area contributed by atoms with Crippen LogP contribution in [0.25, 0.3) is 0 Å². The molecule has 20 heavy (non-hydrogen) atoms. The van der Waals surface area contributed by atoms with Crippen molar-refractivity contribution in [2.75, 3.05) is 0 Å². The Balaban J connectivity index is 2.41. The number of alkyl carbamates (subject to hydrolysis) is 1. The molecule has 1 N–H and O–H groups in total. The van der Waals surface area contributed by atoms with E-state index in [4.69, 9.17) is 4.74 Å². The van der Waals surface area contributed by atoms with E-state index in [0.717, 1.165) is 18.7 Å². The van der Waals surface area contributed by atoms with E-state index >= 15 is 0 Å². The average Bonchev–Trinajstić information content (AvgIpc) is 2.71. The SMILES string of the molecule is CC(C)CCCn1cncc1CNC(=O)OC(C)(C)C. The van der Waals surface area contributed by atoms with Gasteiger partial charge in [-0.25, -0.2) is 9.78 Å². The molecule has 0 atom stereocenters. The minimum atomic E-state index is -0.471. The molecule has 1 aromatic heterocycles. The number of nitrogens with zero attached hydrogens (tertiary/aromatic N) is 2. The Bertz CT molecular complexity index is 419. The van der Waals surface area contributed by atoms with Crippen molar-refractivity contribution >= 4 is 6.09 Å². The van der Waals surface area contributed by atoms with Gasteiger partial charge in [0.2, 0.25) is 0 Å². The summed E-state index contributed by atoms with van der Waals surface area (Å²) in [6, 6.07) is 0. The molecular weight excluding hydrogens is 254 g/mol. The molecule has 0 aliphatic carbocycles. The van der Waals surface area contributed by atoms with Crippen LogP contribution in [-0.2, 0) is 17.8 Å². The molecule has 0 saturated heterocycles. The Morgan fingerprint density at radius 3 is 2.75 bits per heavy atom. The molecule has 0 aliphatic rings. The first-order chi connectivity index (χ1) is 9.28. The summed E-state index contributed by atoms with van der Waals surface area (Å²) in [4.78, 5) is 15.7. The number of aryl methyl sites for hydroxylation is 1. The number of hydrogen-bond donors (Lipinski definition) is 1. The summed E-state index contributed by atoms with van der Waals surface area (Å²) in [5.74, 6) is 0.710. The molecule has 0 unspecified atom stereocenters. The second kappa shape index (κ2) is 7.31. The highest BCUT2D eigenvalue weighted by Crippen LogP contribution is 2.09. The van der Waals surface area contributed by atoms with Gasteiger partial charge in [-0.2, -0.15) is 0 Å². The smallest absolute Gasteiger partial charge is 0.407 e. The van der Waals surface area contributed by atoms with Crippen LogP contribution in [0, 0.1) is 5.92 Å². The molecule has 0 bridgehead atoms. The van der Waals surface area contributed by atoms with Crippen LogP contribution in [0.3, 0.4) is 0 Å². The predicted octanol–water partition coefficient (Wildman–Crippen LogP) is 3.34. The summed E-state index contributed by atoms with van der Waals surface area (Å²) in [6.07, 6.45) is 5.51. The Labute approximate surface area is 121 Å². The van der Waals surface area contributed by atoms with Gasteiger partial charge < -0.3 is 14.6 Å². The van der Waals surface area contributed by atoms with Crippen molar-refractivity contribution in [1.82, 2.24) is 14.9 Å². The summed E-state index contributed by atoms with van der Waals surface area (Å²) in [7, 11) is 0. The molecular formula is C15H27N3O2. The third-order valence-corrected chi connectivity index (χ3v) is 2.79. The number of imidazole rings is 1. The number of carbonyl (C=O) groups is 1. The van der Waals surface area contributed by atoms with E-state index in [1.807, 2.05) is 27.1 Å². The van der Waals surface area contributed by atoms with Crippen molar-refractivity contribution in [2.45, 2.75) is 66.2 Å². The molecule has 5 nitrogen and oxygen atoms in total. The first-order valence-corrected chi connectivity index (χ1v) is 7.24. The van der Waals surface area contributed by atoms with Crippen LogP contribution in [-0.4, -0.2) is 21.2 Å². The average molecular weight is 281 g/mol. The van der Waals surface area contributed by atoms with E-state index in [0.29, 0.717) is 12.5 Å². The lowest BCUT2D eigenvalue weighted by atomic mass is 10.1. The van der Waals surface area contributed by atoms with E-state index < -0.39 is 11.7 Å². The van der Waals surface area contributed by atoms with Crippen molar-refractivity contribution < 1.29 is 9.53 Å². The van der Waals surface area contributed by atoms with Crippen molar-refractivity contribution in [3.05, 3.63) is 18.2 Å². The van der Waals surface area contributed by atoms with Gasteiger partial charge in [-0.05, 0) is 39.5 Å². The molecule has 0 aliphatic heterocycles. The highest BCUT2D eigenvalue weighted by atomic mass is 16.6. The molecule has 1 amide bonds. The lowest BCUT2D eigenvalue weighted by Gasteiger charge is -2.19. The standard InChI is InChI=1S/C15H27N3O2/c1-12(2)7-6-8-18-11-16-9-13(18)10-17-14(19)20-15(3,4)5/h9,11-12H,6-8,10H2,1-5H3,(H,17,19). The van der Waals surface area contributed by atoms with E-state index in [2.05, 4.69) is 28.7 Å². The van der Waals surface area contributed by atoms with Gasteiger partial charge in [0.1, 0.15) is 5.60 Å². The van der Waals surface area contributed by atoms with Gasteiger partial charge in [-0.15, -0.1) is 0 Å². The van der Waals surface area contributed by atoms with Gasteiger partial charge >= 0.3 is 6.09 Å². The minimum Gasteiger partial charge on any atom is -0.444 e. The molecule has 0 aromatic carbocycles. The highest BCUT2D eigenvalue weighted by molar-refractivity contribution is 5.67. The maximum Gasteiger partial charge on any atom is 0.407 e. The number of rotatable bonds is 6. The minimum absolute atomic E-state index is 0.396. The van der Waals surface area contributed by atoms with Gasteiger partial charge in [0, 0.05) is 12.7 Å². The molecule has 0 radical (unpaired) electrons.